The molecule has 0 spiro atoms. The maximum absolute atomic E-state index is 12.3. The summed E-state index contributed by atoms with van der Waals surface area (Å²) in [5, 5.41) is 7.34. The van der Waals surface area contributed by atoms with E-state index in [1.165, 1.54) is 18.2 Å². The van der Waals surface area contributed by atoms with Crippen LogP contribution in [-0.4, -0.2) is 37.7 Å². The summed E-state index contributed by atoms with van der Waals surface area (Å²) in [6.07, 6.45) is 0.588. The van der Waals surface area contributed by atoms with Crippen molar-refractivity contribution in [3.8, 4) is 11.5 Å². The molecule has 1 unspecified atom stereocenters. The number of nitrogens with one attached hydrogen (secondary N) is 2. The third kappa shape index (κ3) is 4.54. The summed E-state index contributed by atoms with van der Waals surface area (Å²) < 4.78 is 32.4. The van der Waals surface area contributed by atoms with E-state index in [9.17, 15) is 8.42 Å². The quantitative estimate of drug-likeness (QED) is 0.773. The molecule has 132 valence electrons. The van der Waals surface area contributed by atoms with Crippen LogP contribution in [0.3, 0.4) is 0 Å². The van der Waals surface area contributed by atoms with Gasteiger partial charge in [0.15, 0.2) is 5.82 Å². The smallest absolute Gasteiger partial charge is 0.259 e. The molecule has 1 aromatic carbocycles. The Labute approximate surface area is 146 Å². The molecule has 9 heteroatoms. The molecule has 0 bridgehead atoms. The van der Waals surface area contributed by atoms with Gasteiger partial charge in [0.05, 0.1) is 15.5 Å². The average molecular weight is 373 g/mol. The molecule has 2 N–H and O–H groups in total. The van der Waals surface area contributed by atoms with Crippen molar-refractivity contribution >= 4 is 21.6 Å². The Bertz CT molecular complexity index is 805. The lowest BCUT2D eigenvalue weighted by atomic mass is 10.2. The van der Waals surface area contributed by atoms with Crippen LogP contribution in [0.25, 0.3) is 11.5 Å². The van der Waals surface area contributed by atoms with Gasteiger partial charge in [0.25, 0.3) is 5.89 Å². The summed E-state index contributed by atoms with van der Waals surface area (Å²) in [7, 11) is -1.79. The van der Waals surface area contributed by atoms with Gasteiger partial charge in [-0.3, -0.25) is 0 Å². The molecule has 0 aliphatic carbocycles. The van der Waals surface area contributed by atoms with Gasteiger partial charge in [-0.1, -0.05) is 16.8 Å². The van der Waals surface area contributed by atoms with Crippen LogP contribution in [0.15, 0.2) is 27.6 Å². The highest BCUT2D eigenvalue weighted by Crippen LogP contribution is 2.29. The summed E-state index contributed by atoms with van der Waals surface area (Å²) >= 11 is 6.17. The first-order valence-electron chi connectivity index (χ1n) is 7.55. The minimum absolute atomic E-state index is 0.0962. The monoisotopic (exact) mass is 372 g/mol. The largest absolute Gasteiger partial charge is 0.334 e. The summed E-state index contributed by atoms with van der Waals surface area (Å²) in [4.78, 5) is 4.39. The van der Waals surface area contributed by atoms with Crippen molar-refractivity contribution in [1.82, 2.24) is 20.2 Å². The minimum Gasteiger partial charge on any atom is -0.334 e. The van der Waals surface area contributed by atoms with E-state index >= 15 is 0 Å². The summed E-state index contributed by atoms with van der Waals surface area (Å²) in [5.41, 5.74) is 0.388. The molecule has 0 saturated heterocycles. The topological polar surface area (TPSA) is 97.1 Å². The van der Waals surface area contributed by atoms with Gasteiger partial charge >= 0.3 is 0 Å². The van der Waals surface area contributed by atoms with Gasteiger partial charge in [0.2, 0.25) is 10.0 Å². The fourth-order valence-corrected chi connectivity index (χ4v) is 3.51. The van der Waals surface area contributed by atoms with E-state index in [0.29, 0.717) is 22.8 Å². The number of benzene rings is 1. The van der Waals surface area contributed by atoms with E-state index in [2.05, 4.69) is 20.2 Å². The third-order valence-corrected chi connectivity index (χ3v) is 5.30. The van der Waals surface area contributed by atoms with E-state index in [1.54, 1.807) is 13.8 Å². The Morgan fingerprint density at radius 3 is 2.62 bits per heavy atom. The maximum Gasteiger partial charge on any atom is 0.259 e. The Balaban J connectivity index is 2.36. The second-order valence-corrected chi connectivity index (χ2v) is 7.95. The van der Waals surface area contributed by atoms with Crippen LogP contribution in [0.2, 0.25) is 5.02 Å². The standard InChI is InChI=1S/C15H21ClN4O3S/c1-9(2)20-24(21,22)11-5-6-13(16)12(8-11)15-18-14(19-23-15)7-10(3)17-4/h5-6,8-10,17,20H,7H2,1-4H3. The fourth-order valence-electron chi connectivity index (χ4n) is 2.04. The molecule has 24 heavy (non-hydrogen) atoms. The number of likely N-dealkylation sites (N-methyl/N-ethyl adjacent to an activating group) is 1. The fraction of sp³-hybridized carbons (Fsp3) is 0.467. The van der Waals surface area contributed by atoms with E-state index < -0.39 is 10.0 Å². The molecule has 7 nitrogen and oxygen atoms in total. The predicted octanol–water partition coefficient (Wildman–Crippen LogP) is 2.23. The average Bonchev–Trinajstić information content (AvgIpc) is 2.94. The van der Waals surface area contributed by atoms with Crippen molar-refractivity contribution in [2.45, 2.75) is 44.2 Å². The van der Waals surface area contributed by atoms with Crippen LogP contribution in [0, 0.1) is 0 Å². The molecule has 0 fully saturated rings. The molecule has 0 saturated carbocycles. The van der Waals surface area contributed by atoms with Gasteiger partial charge in [-0.25, -0.2) is 13.1 Å². The Morgan fingerprint density at radius 2 is 2.00 bits per heavy atom. The molecule has 0 aliphatic rings. The van der Waals surface area contributed by atoms with E-state index in [4.69, 9.17) is 16.1 Å². The van der Waals surface area contributed by atoms with Crippen LogP contribution in [-0.2, 0) is 16.4 Å². The van der Waals surface area contributed by atoms with E-state index in [-0.39, 0.29) is 22.9 Å². The number of hydrogen-bond donors (Lipinski definition) is 2. The van der Waals surface area contributed by atoms with E-state index in [0.717, 1.165) is 0 Å². The van der Waals surface area contributed by atoms with Gasteiger partial charge in [-0.15, -0.1) is 0 Å². The number of halogens is 1. The Morgan fingerprint density at radius 1 is 1.29 bits per heavy atom. The number of sulfonamides is 1. The zero-order valence-corrected chi connectivity index (χ0v) is 15.6. The summed E-state index contributed by atoms with van der Waals surface area (Å²) in [5.74, 6) is 0.719. The van der Waals surface area contributed by atoms with Crippen LogP contribution in [0.1, 0.15) is 26.6 Å². The molecule has 2 aromatic rings. The van der Waals surface area contributed by atoms with Crippen molar-refractivity contribution < 1.29 is 12.9 Å². The van der Waals surface area contributed by atoms with Crippen molar-refractivity contribution in [2.24, 2.45) is 0 Å². The van der Waals surface area contributed by atoms with Crippen LogP contribution in [0.4, 0.5) is 0 Å². The molecule has 1 aromatic heterocycles. The van der Waals surface area contributed by atoms with Crippen molar-refractivity contribution in [2.75, 3.05) is 7.05 Å². The number of aromatic nitrogens is 2. The number of nitrogens with zero attached hydrogens (tertiary/aromatic N) is 2. The molecule has 1 atom stereocenters. The lowest BCUT2D eigenvalue weighted by Crippen LogP contribution is -2.30. The summed E-state index contributed by atoms with van der Waals surface area (Å²) in [6, 6.07) is 4.36. The lowest BCUT2D eigenvalue weighted by Gasteiger charge is -2.10. The van der Waals surface area contributed by atoms with Crippen LogP contribution in [0.5, 0.6) is 0 Å². The first-order valence-corrected chi connectivity index (χ1v) is 9.41. The normalized spacial score (nSPS) is 13.4. The van der Waals surface area contributed by atoms with Gasteiger partial charge < -0.3 is 9.84 Å². The second kappa shape index (κ2) is 7.60. The third-order valence-electron chi connectivity index (χ3n) is 3.32. The van der Waals surface area contributed by atoms with Crippen molar-refractivity contribution in [1.29, 1.82) is 0 Å². The van der Waals surface area contributed by atoms with Crippen molar-refractivity contribution in [3.05, 3.63) is 29.0 Å². The zero-order valence-electron chi connectivity index (χ0n) is 14.0. The number of hydrogen-bond acceptors (Lipinski definition) is 6. The minimum atomic E-state index is -3.63. The van der Waals surface area contributed by atoms with Crippen LogP contribution < -0.4 is 10.0 Å². The van der Waals surface area contributed by atoms with Gasteiger partial charge in [-0.2, -0.15) is 4.98 Å². The first-order chi connectivity index (χ1) is 11.2. The van der Waals surface area contributed by atoms with Crippen LogP contribution >= 0.6 is 11.6 Å². The number of rotatable bonds is 7. The Hall–Kier alpha value is -1.48. The molecule has 0 amide bonds. The SMILES string of the molecule is CNC(C)Cc1noc(-c2cc(S(=O)(=O)NC(C)C)ccc2Cl)n1. The highest BCUT2D eigenvalue weighted by Gasteiger charge is 2.20. The summed E-state index contributed by atoms with van der Waals surface area (Å²) in [6.45, 7) is 5.50. The molecule has 1 heterocycles. The lowest BCUT2D eigenvalue weighted by molar-refractivity contribution is 0.418. The molecule has 0 radical (unpaired) electrons. The highest BCUT2D eigenvalue weighted by molar-refractivity contribution is 7.89. The van der Waals surface area contributed by atoms with E-state index in [1.807, 2.05) is 14.0 Å². The van der Waals surface area contributed by atoms with Gasteiger partial charge in [-0.05, 0) is 46.0 Å². The zero-order chi connectivity index (χ0) is 17.9. The van der Waals surface area contributed by atoms with Gasteiger partial charge in [0, 0.05) is 18.5 Å². The Kier molecular flexibility index (Phi) is 5.97. The molecular formula is C15H21ClN4O3S. The highest BCUT2D eigenvalue weighted by atomic mass is 35.5. The molecule has 2 rings (SSSR count). The predicted molar refractivity (Wildman–Crippen MR) is 92.4 cm³/mol. The molecular weight excluding hydrogens is 352 g/mol. The first kappa shape index (κ1) is 18.9. The van der Waals surface area contributed by atoms with Crippen molar-refractivity contribution in [3.63, 3.8) is 0 Å². The second-order valence-electron chi connectivity index (χ2n) is 5.83. The maximum atomic E-state index is 12.3. The molecule has 0 aliphatic heterocycles. The van der Waals surface area contributed by atoms with Gasteiger partial charge in [0.1, 0.15) is 0 Å².